The monoisotopic (exact) mass is 369 g/mol. The molecule has 1 aliphatic rings. The van der Waals surface area contributed by atoms with Crippen LogP contribution in [0.1, 0.15) is 51.5 Å². The minimum atomic E-state index is -0.654. The van der Waals surface area contributed by atoms with Crippen LogP contribution in [0.3, 0.4) is 0 Å². The molecule has 1 saturated carbocycles. The minimum absolute atomic E-state index is 0.150. The normalized spacial score (nSPS) is 16.4. The van der Waals surface area contributed by atoms with E-state index in [0.717, 1.165) is 37.0 Å². The molecule has 1 aliphatic carbocycles. The van der Waals surface area contributed by atoms with Crippen molar-refractivity contribution in [3.05, 3.63) is 46.8 Å². The first kappa shape index (κ1) is 19.1. The van der Waals surface area contributed by atoms with Gasteiger partial charge in [-0.25, -0.2) is 4.68 Å². The number of nitrogens with one attached hydrogen (secondary N) is 1. The molecule has 6 heteroatoms. The molecule has 1 aromatic carbocycles. The Kier molecular flexibility index (Phi) is 6.27. The van der Waals surface area contributed by atoms with Gasteiger partial charge in [-0.05, 0) is 50.1 Å². The van der Waals surface area contributed by atoms with Crippen LogP contribution >= 0.6 is 0 Å². The zero-order valence-corrected chi connectivity index (χ0v) is 16.0. The summed E-state index contributed by atoms with van der Waals surface area (Å²) in [5.41, 5.74) is 1.23. The highest BCUT2D eigenvalue weighted by atomic mass is 16.5. The van der Waals surface area contributed by atoms with Crippen LogP contribution in [-0.2, 0) is 4.79 Å². The molecule has 0 saturated heterocycles. The lowest BCUT2D eigenvalue weighted by Gasteiger charge is -2.20. The number of carbonyl (C=O) groups is 1. The molecule has 3 rings (SSSR count). The lowest BCUT2D eigenvalue weighted by atomic mass is 10.1. The van der Waals surface area contributed by atoms with E-state index in [-0.39, 0.29) is 17.5 Å². The van der Waals surface area contributed by atoms with Crippen molar-refractivity contribution in [2.45, 2.75) is 57.5 Å². The maximum absolute atomic E-state index is 12.7. The molecule has 1 unspecified atom stereocenters. The van der Waals surface area contributed by atoms with E-state index in [4.69, 9.17) is 4.74 Å². The molecule has 0 radical (unpaired) electrons. The second kappa shape index (κ2) is 8.84. The highest BCUT2D eigenvalue weighted by Gasteiger charge is 2.22. The van der Waals surface area contributed by atoms with Gasteiger partial charge in [0.2, 0.25) is 5.91 Å². The van der Waals surface area contributed by atoms with Crippen LogP contribution in [0.4, 0.5) is 0 Å². The van der Waals surface area contributed by atoms with Gasteiger partial charge in [0.1, 0.15) is 11.8 Å². The van der Waals surface area contributed by atoms with Gasteiger partial charge in [-0.15, -0.1) is 0 Å². The summed E-state index contributed by atoms with van der Waals surface area (Å²) in [5.74, 6) is 0.603. The summed E-state index contributed by atoms with van der Waals surface area (Å²) in [6, 6.07) is 10.1. The summed E-state index contributed by atoms with van der Waals surface area (Å²) in [6.07, 6.45) is 6.76. The number of rotatable bonds is 5. The predicted octanol–water partition coefficient (Wildman–Crippen LogP) is 3.32. The fraction of sp³-hybridized carbons (Fsp3) is 0.476. The van der Waals surface area contributed by atoms with Gasteiger partial charge in [0.15, 0.2) is 0 Å². The van der Waals surface area contributed by atoms with Gasteiger partial charge in [-0.3, -0.25) is 9.59 Å². The predicted molar refractivity (Wildman–Crippen MR) is 105 cm³/mol. The maximum atomic E-state index is 12.7. The molecule has 1 fully saturated rings. The number of nitrogens with zero attached hydrogens (tertiary/aromatic N) is 2. The van der Waals surface area contributed by atoms with Crippen LogP contribution in [0, 0.1) is 0 Å². The van der Waals surface area contributed by atoms with Crippen LogP contribution in [0.5, 0.6) is 5.75 Å². The minimum Gasteiger partial charge on any atom is -0.497 e. The summed E-state index contributed by atoms with van der Waals surface area (Å²) in [4.78, 5) is 25.0. The Morgan fingerprint density at radius 3 is 2.41 bits per heavy atom. The van der Waals surface area contributed by atoms with Crippen molar-refractivity contribution in [1.29, 1.82) is 0 Å². The van der Waals surface area contributed by atoms with E-state index in [2.05, 4.69) is 10.4 Å². The van der Waals surface area contributed by atoms with Crippen molar-refractivity contribution >= 4 is 5.91 Å². The highest BCUT2D eigenvalue weighted by Crippen LogP contribution is 2.21. The van der Waals surface area contributed by atoms with Gasteiger partial charge in [0.05, 0.1) is 12.8 Å². The summed E-state index contributed by atoms with van der Waals surface area (Å²) in [7, 11) is 1.61. The van der Waals surface area contributed by atoms with Gasteiger partial charge >= 0.3 is 0 Å². The first-order valence-corrected chi connectivity index (χ1v) is 9.63. The standard InChI is InChI=1S/C21H27N3O3/c1-15(21(26)22-17-7-5-3-4-6-8-17)24-20(25)14-13-19(23-24)16-9-11-18(27-2)12-10-16/h9-15,17H,3-8H2,1-2H3,(H,22,26). The lowest BCUT2D eigenvalue weighted by molar-refractivity contribution is -0.125. The van der Waals surface area contributed by atoms with Gasteiger partial charge in [-0.2, -0.15) is 5.10 Å². The number of ether oxygens (including phenoxy) is 1. The van der Waals surface area contributed by atoms with E-state index in [1.54, 1.807) is 20.1 Å². The van der Waals surface area contributed by atoms with Crippen molar-refractivity contribution in [1.82, 2.24) is 15.1 Å². The second-order valence-corrected chi connectivity index (χ2v) is 7.10. The Morgan fingerprint density at radius 2 is 1.78 bits per heavy atom. The zero-order chi connectivity index (χ0) is 19.2. The third-order valence-corrected chi connectivity index (χ3v) is 5.16. The Morgan fingerprint density at radius 1 is 1.11 bits per heavy atom. The largest absolute Gasteiger partial charge is 0.497 e. The van der Waals surface area contributed by atoms with Crippen LogP contribution < -0.4 is 15.6 Å². The van der Waals surface area contributed by atoms with Crippen LogP contribution in [0.25, 0.3) is 11.3 Å². The number of amides is 1. The maximum Gasteiger partial charge on any atom is 0.267 e. The first-order valence-electron chi connectivity index (χ1n) is 9.63. The molecule has 1 amide bonds. The molecule has 0 spiro atoms. The van der Waals surface area contributed by atoms with Crippen LogP contribution in [0.2, 0.25) is 0 Å². The molecular weight excluding hydrogens is 342 g/mol. The molecule has 1 atom stereocenters. The Hall–Kier alpha value is -2.63. The molecule has 0 bridgehead atoms. The second-order valence-electron chi connectivity index (χ2n) is 7.10. The third-order valence-electron chi connectivity index (χ3n) is 5.16. The number of aromatic nitrogens is 2. The average Bonchev–Trinajstić information content (AvgIpc) is 2.96. The van der Waals surface area contributed by atoms with Crippen molar-refractivity contribution in [3.63, 3.8) is 0 Å². The van der Waals surface area contributed by atoms with Crippen LogP contribution in [0.15, 0.2) is 41.2 Å². The van der Waals surface area contributed by atoms with E-state index in [1.165, 1.54) is 23.6 Å². The van der Waals surface area contributed by atoms with E-state index >= 15 is 0 Å². The molecule has 2 aromatic rings. The fourth-order valence-corrected chi connectivity index (χ4v) is 3.48. The number of carbonyl (C=O) groups excluding carboxylic acids is 1. The van der Waals surface area contributed by atoms with Crippen molar-refractivity contribution in [3.8, 4) is 17.0 Å². The number of methoxy groups -OCH3 is 1. The molecule has 1 aromatic heterocycles. The zero-order valence-electron chi connectivity index (χ0n) is 16.0. The van der Waals surface area contributed by atoms with Gasteiger partial charge in [0, 0.05) is 17.7 Å². The van der Waals surface area contributed by atoms with Gasteiger partial charge in [-0.1, -0.05) is 25.7 Å². The summed E-state index contributed by atoms with van der Waals surface area (Å²) < 4.78 is 6.44. The summed E-state index contributed by atoms with van der Waals surface area (Å²) in [5, 5.41) is 7.54. The number of hydrogen-bond acceptors (Lipinski definition) is 4. The molecule has 6 nitrogen and oxygen atoms in total. The molecule has 1 heterocycles. The van der Waals surface area contributed by atoms with Crippen molar-refractivity contribution < 1.29 is 9.53 Å². The van der Waals surface area contributed by atoms with Crippen LogP contribution in [-0.4, -0.2) is 28.8 Å². The molecular formula is C21H27N3O3. The topological polar surface area (TPSA) is 73.2 Å². The molecule has 0 aliphatic heterocycles. The molecule has 144 valence electrons. The van der Waals surface area contributed by atoms with Crippen molar-refractivity contribution in [2.75, 3.05) is 7.11 Å². The van der Waals surface area contributed by atoms with Gasteiger partial charge in [0.25, 0.3) is 5.56 Å². The SMILES string of the molecule is COc1ccc(-c2ccc(=O)n(C(C)C(=O)NC3CCCCCC3)n2)cc1. The summed E-state index contributed by atoms with van der Waals surface area (Å²) >= 11 is 0. The highest BCUT2D eigenvalue weighted by molar-refractivity contribution is 5.80. The quantitative estimate of drug-likeness (QED) is 0.821. The van der Waals surface area contributed by atoms with E-state index in [0.29, 0.717) is 5.69 Å². The third kappa shape index (κ3) is 4.76. The first-order chi connectivity index (χ1) is 13.1. The van der Waals surface area contributed by atoms with Crippen molar-refractivity contribution in [2.24, 2.45) is 0 Å². The number of hydrogen-bond donors (Lipinski definition) is 1. The number of benzene rings is 1. The summed E-state index contributed by atoms with van der Waals surface area (Å²) in [6.45, 7) is 1.72. The molecule has 1 N–H and O–H groups in total. The average molecular weight is 369 g/mol. The van der Waals surface area contributed by atoms with E-state index < -0.39 is 6.04 Å². The Balaban J connectivity index is 1.77. The lowest BCUT2D eigenvalue weighted by Crippen LogP contribution is -2.41. The van der Waals surface area contributed by atoms with Gasteiger partial charge < -0.3 is 10.1 Å². The Labute approximate surface area is 159 Å². The van der Waals surface area contributed by atoms with E-state index in [1.807, 2.05) is 24.3 Å². The molecule has 27 heavy (non-hydrogen) atoms. The smallest absolute Gasteiger partial charge is 0.267 e. The Bertz CT molecular complexity index is 821. The fourth-order valence-electron chi connectivity index (χ4n) is 3.48. The van der Waals surface area contributed by atoms with E-state index in [9.17, 15) is 9.59 Å².